The Morgan fingerprint density at radius 2 is 1.50 bits per heavy atom. The van der Waals surface area contributed by atoms with Crippen molar-refractivity contribution in [3.63, 3.8) is 0 Å². The molecule has 0 spiro atoms. The Labute approximate surface area is 60.2 Å². The molecule has 0 bridgehead atoms. The van der Waals surface area contributed by atoms with Crippen molar-refractivity contribution >= 4 is 0 Å². The predicted molar refractivity (Wildman–Crippen MR) is 37.4 cm³/mol. The summed E-state index contributed by atoms with van der Waals surface area (Å²) in [5, 5.41) is 23.5. The fraction of sp³-hybridized carbons (Fsp3) is 1.00. The van der Waals surface area contributed by atoms with Gasteiger partial charge in [0.2, 0.25) is 0 Å². The first kappa shape index (κ1) is 12.5. The summed E-state index contributed by atoms with van der Waals surface area (Å²) in [5.74, 6) is 3.50. The molecule has 7 N–H and O–H groups in total. The molecule has 5 heteroatoms. The summed E-state index contributed by atoms with van der Waals surface area (Å²) in [6.07, 6.45) is 0.597. The van der Waals surface area contributed by atoms with E-state index in [0.717, 1.165) is 0 Å². The van der Waals surface area contributed by atoms with Gasteiger partial charge in [-0.15, -0.1) is 0 Å². The van der Waals surface area contributed by atoms with Gasteiger partial charge < -0.3 is 21.2 Å². The zero-order chi connectivity index (χ0) is 8.62. The van der Waals surface area contributed by atoms with Crippen LogP contribution in [0.2, 0.25) is 0 Å². The van der Waals surface area contributed by atoms with E-state index in [1.54, 1.807) is 0 Å². The van der Waals surface area contributed by atoms with Crippen LogP contribution < -0.4 is 11.6 Å². The summed E-state index contributed by atoms with van der Waals surface area (Å²) < 4.78 is 0. The van der Waals surface area contributed by atoms with Crippen molar-refractivity contribution in [2.45, 2.75) is 18.9 Å². The van der Waals surface area contributed by atoms with Crippen LogP contribution in [0.1, 0.15) is 13.3 Å². The third kappa shape index (κ3) is 4.66. The highest BCUT2D eigenvalue weighted by atomic mass is 16.4. The van der Waals surface area contributed by atoms with Crippen LogP contribution in [0, 0.1) is 0 Å². The van der Waals surface area contributed by atoms with E-state index in [1.807, 2.05) is 6.92 Å². The van der Waals surface area contributed by atoms with Crippen molar-refractivity contribution in [2.75, 3.05) is 13.2 Å². The van der Waals surface area contributed by atoms with Crippen molar-refractivity contribution < 1.29 is 15.4 Å². The molecule has 0 fully saturated rings. The van der Waals surface area contributed by atoms with Crippen molar-refractivity contribution in [3.05, 3.63) is 0 Å². The molecule has 0 rings (SSSR count). The molecule has 0 atom stereocenters. The van der Waals surface area contributed by atoms with Gasteiger partial charge in [-0.25, -0.2) is 5.90 Å². The van der Waals surface area contributed by atoms with E-state index >= 15 is 0 Å². The van der Waals surface area contributed by atoms with E-state index in [0.29, 0.717) is 6.42 Å². The van der Waals surface area contributed by atoms with E-state index in [1.165, 1.54) is 0 Å². The van der Waals surface area contributed by atoms with E-state index in [-0.39, 0.29) is 13.2 Å². The highest BCUT2D eigenvalue weighted by molar-refractivity contribution is 4.79. The van der Waals surface area contributed by atoms with Gasteiger partial charge in [-0.05, 0) is 6.42 Å². The number of aliphatic hydroxyl groups is 2. The highest BCUT2D eigenvalue weighted by Gasteiger charge is 2.19. The molecule has 0 saturated heterocycles. The van der Waals surface area contributed by atoms with E-state index < -0.39 is 5.54 Å². The van der Waals surface area contributed by atoms with Crippen molar-refractivity contribution in [1.29, 1.82) is 0 Å². The smallest absolute Gasteiger partial charge is 0.0633 e. The molecule has 0 saturated carbocycles. The molecule has 64 valence electrons. The van der Waals surface area contributed by atoms with Crippen LogP contribution in [0.5, 0.6) is 0 Å². The third-order valence-corrected chi connectivity index (χ3v) is 1.33. The Morgan fingerprint density at radius 1 is 1.20 bits per heavy atom. The van der Waals surface area contributed by atoms with Gasteiger partial charge in [0.05, 0.1) is 18.8 Å². The first-order valence-electron chi connectivity index (χ1n) is 2.95. The first-order chi connectivity index (χ1) is 4.68. The summed E-state index contributed by atoms with van der Waals surface area (Å²) >= 11 is 0. The highest BCUT2D eigenvalue weighted by Crippen LogP contribution is 2.01. The second-order valence-corrected chi connectivity index (χ2v) is 2.03. The lowest BCUT2D eigenvalue weighted by Gasteiger charge is -2.21. The molecule has 0 aliphatic rings. The summed E-state index contributed by atoms with van der Waals surface area (Å²) in [7, 11) is 0. The van der Waals surface area contributed by atoms with Gasteiger partial charge in [0.25, 0.3) is 0 Å². The van der Waals surface area contributed by atoms with Crippen LogP contribution in [-0.4, -0.2) is 34.2 Å². The van der Waals surface area contributed by atoms with Crippen LogP contribution in [0.4, 0.5) is 0 Å². The van der Waals surface area contributed by atoms with Gasteiger partial charge in [-0.3, -0.25) is 0 Å². The molecule has 0 aromatic carbocycles. The molecular weight excluding hydrogens is 136 g/mol. The Hall–Kier alpha value is -0.200. The minimum Gasteiger partial charge on any atom is -0.394 e. The Morgan fingerprint density at radius 3 is 1.50 bits per heavy atom. The quantitative estimate of drug-likeness (QED) is 0.313. The molecule has 0 aliphatic heterocycles. The third-order valence-electron chi connectivity index (χ3n) is 1.33. The maximum Gasteiger partial charge on any atom is 0.0633 e. The first-order valence-corrected chi connectivity index (χ1v) is 2.95. The maximum atomic E-state index is 8.50. The second-order valence-electron chi connectivity index (χ2n) is 2.03. The summed E-state index contributed by atoms with van der Waals surface area (Å²) in [6, 6.07) is 0. The van der Waals surface area contributed by atoms with Gasteiger partial charge in [0.15, 0.2) is 0 Å². The Bertz CT molecular complexity index is 57.6. The van der Waals surface area contributed by atoms with Crippen LogP contribution >= 0.6 is 0 Å². The molecule has 0 amide bonds. The zero-order valence-electron chi connectivity index (χ0n) is 6.12. The lowest BCUT2D eigenvalue weighted by Crippen LogP contribution is -2.46. The second kappa shape index (κ2) is 6.91. The summed E-state index contributed by atoms with van der Waals surface area (Å²) in [6.45, 7) is 1.52. The molecule has 5 nitrogen and oxygen atoms in total. The normalized spacial score (nSPS) is 10.2. The summed E-state index contributed by atoms with van der Waals surface area (Å²) in [4.78, 5) is 0. The minimum absolute atomic E-state index is 0.153. The van der Waals surface area contributed by atoms with Crippen molar-refractivity contribution in [1.82, 2.24) is 0 Å². The molecule has 0 unspecified atom stereocenters. The lowest BCUT2D eigenvalue weighted by atomic mass is 10.0. The fourth-order valence-corrected chi connectivity index (χ4v) is 0.274. The van der Waals surface area contributed by atoms with Gasteiger partial charge in [0, 0.05) is 0 Å². The number of hydrogen-bond donors (Lipinski definition) is 5. The lowest BCUT2D eigenvalue weighted by molar-refractivity contribution is 0.118. The number of rotatable bonds is 3. The number of aliphatic hydroxyl groups excluding tert-OH is 2. The van der Waals surface area contributed by atoms with Crippen LogP contribution in [0.25, 0.3) is 0 Å². The molecule has 0 aromatic heterocycles. The maximum absolute atomic E-state index is 8.50. The van der Waals surface area contributed by atoms with Gasteiger partial charge in [-0.1, -0.05) is 6.92 Å². The molecule has 0 heterocycles. The fourth-order valence-electron chi connectivity index (χ4n) is 0.274. The van der Waals surface area contributed by atoms with Crippen molar-refractivity contribution in [3.8, 4) is 0 Å². The zero-order valence-corrected chi connectivity index (χ0v) is 6.12. The van der Waals surface area contributed by atoms with Gasteiger partial charge in [-0.2, -0.15) is 0 Å². The van der Waals surface area contributed by atoms with E-state index in [2.05, 4.69) is 5.90 Å². The Kier molecular flexibility index (Phi) is 8.62. The monoisotopic (exact) mass is 152 g/mol. The Balaban J connectivity index is 0. The van der Waals surface area contributed by atoms with Gasteiger partial charge >= 0.3 is 0 Å². The van der Waals surface area contributed by atoms with Crippen LogP contribution in [0.3, 0.4) is 0 Å². The van der Waals surface area contributed by atoms with Crippen LogP contribution in [-0.2, 0) is 0 Å². The number of hydrogen-bond acceptors (Lipinski definition) is 5. The van der Waals surface area contributed by atoms with Crippen molar-refractivity contribution in [2.24, 2.45) is 11.6 Å². The van der Waals surface area contributed by atoms with E-state index in [9.17, 15) is 0 Å². The molecular formula is C5H16N2O3. The predicted octanol–water partition coefficient (Wildman–Crippen LogP) is -1.59. The molecule has 0 radical (unpaired) electrons. The molecule has 0 aromatic rings. The topological polar surface area (TPSA) is 113 Å². The standard InChI is InChI=1S/C5H13NO2.H3NO/c1-2-5(6,3-7)4-8;1-2/h7-8H,2-4,6H2,1H3;2H,1H2. The average Bonchev–Trinajstić information content (AvgIpc) is 2.07. The molecule has 0 aliphatic carbocycles. The van der Waals surface area contributed by atoms with Crippen LogP contribution in [0.15, 0.2) is 0 Å². The largest absolute Gasteiger partial charge is 0.394 e. The minimum atomic E-state index is -0.764. The van der Waals surface area contributed by atoms with Gasteiger partial charge in [0.1, 0.15) is 0 Å². The SMILES string of the molecule is CCC(N)(CO)CO.NO. The molecule has 10 heavy (non-hydrogen) atoms. The summed E-state index contributed by atoms with van der Waals surface area (Å²) in [5.41, 5.74) is 4.63. The van der Waals surface area contributed by atoms with E-state index in [4.69, 9.17) is 21.2 Å². The number of nitrogens with two attached hydrogens (primary N) is 2. The average molecular weight is 152 g/mol.